The highest BCUT2D eigenvalue weighted by atomic mass is 19.1. The molecular formula is C25H32F2N4O3. The molecule has 0 unspecified atom stereocenters. The van der Waals surface area contributed by atoms with E-state index in [9.17, 15) is 23.5 Å². The molecule has 2 amide bonds. The Hall–Kier alpha value is -2.88. The zero-order valence-corrected chi connectivity index (χ0v) is 19.3. The zero-order chi connectivity index (χ0) is 24.5. The summed E-state index contributed by atoms with van der Waals surface area (Å²) in [6.45, 7) is 3.90. The van der Waals surface area contributed by atoms with Gasteiger partial charge in [-0.1, -0.05) is 31.2 Å². The van der Waals surface area contributed by atoms with E-state index in [-0.39, 0.29) is 37.9 Å². The third kappa shape index (κ3) is 8.16. The van der Waals surface area contributed by atoms with E-state index in [2.05, 4.69) is 28.9 Å². The van der Waals surface area contributed by atoms with Crippen molar-refractivity contribution < 1.29 is 23.5 Å². The first-order valence-electron chi connectivity index (χ1n) is 11.5. The van der Waals surface area contributed by atoms with Gasteiger partial charge in [-0.25, -0.2) is 8.78 Å². The number of carbonyl (C=O) groups excluding carboxylic acids is 2. The summed E-state index contributed by atoms with van der Waals surface area (Å²) < 4.78 is 27.4. The van der Waals surface area contributed by atoms with Crippen LogP contribution in [0, 0.1) is 11.6 Å². The molecular weight excluding hydrogens is 442 g/mol. The first kappa shape index (κ1) is 25.7. The minimum Gasteiger partial charge on any atom is -0.390 e. The molecule has 2 aromatic carbocycles. The van der Waals surface area contributed by atoms with Crippen LogP contribution in [0.25, 0.3) is 0 Å². The highest BCUT2D eigenvalue weighted by Crippen LogP contribution is 2.12. The third-order valence-electron chi connectivity index (χ3n) is 5.76. The number of halogens is 2. The number of benzene rings is 2. The molecule has 1 heterocycles. The van der Waals surface area contributed by atoms with E-state index in [1.54, 1.807) is 4.90 Å². The summed E-state index contributed by atoms with van der Waals surface area (Å²) in [7, 11) is 0. The van der Waals surface area contributed by atoms with Crippen molar-refractivity contribution >= 4 is 11.8 Å². The zero-order valence-electron chi connectivity index (χ0n) is 19.3. The second kappa shape index (κ2) is 12.5. The standard InChI is InChI=1S/C25H32F2N4O3/c1-2-17-4-3-5-18(8-17)13-28-14-23(32)22(11-19-9-20(26)12-21(27)10-19)30-25(34)16-31-7-6-29-24(33)15-31/h3-5,8-10,12,22-23,28,32H,2,6-7,11,13-16H2,1H3,(H,29,33)(H,30,34)/t22-,23+/m0/s1. The van der Waals surface area contributed by atoms with Gasteiger partial charge in [-0.3, -0.25) is 14.5 Å². The van der Waals surface area contributed by atoms with Gasteiger partial charge in [-0.2, -0.15) is 0 Å². The van der Waals surface area contributed by atoms with Crippen LogP contribution in [0.15, 0.2) is 42.5 Å². The molecule has 184 valence electrons. The van der Waals surface area contributed by atoms with Crippen LogP contribution in [0.4, 0.5) is 8.78 Å². The van der Waals surface area contributed by atoms with Crippen LogP contribution >= 0.6 is 0 Å². The van der Waals surface area contributed by atoms with E-state index < -0.39 is 23.8 Å². The molecule has 1 fully saturated rings. The van der Waals surface area contributed by atoms with Gasteiger partial charge in [0.15, 0.2) is 0 Å². The Morgan fingerprint density at radius 1 is 1.15 bits per heavy atom. The lowest BCUT2D eigenvalue weighted by atomic mass is 10.0. The van der Waals surface area contributed by atoms with Crippen molar-refractivity contribution in [3.05, 3.63) is 70.8 Å². The van der Waals surface area contributed by atoms with Gasteiger partial charge in [0.05, 0.1) is 25.2 Å². The lowest BCUT2D eigenvalue weighted by molar-refractivity contribution is -0.127. The monoisotopic (exact) mass is 474 g/mol. The number of carbonyl (C=O) groups is 2. The van der Waals surface area contributed by atoms with Gasteiger partial charge in [0.2, 0.25) is 11.8 Å². The van der Waals surface area contributed by atoms with Crippen molar-refractivity contribution in [2.45, 2.75) is 38.5 Å². The van der Waals surface area contributed by atoms with Crippen LogP contribution in [0.3, 0.4) is 0 Å². The smallest absolute Gasteiger partial charge is 0.234 e. The van der Waals surface area contributed by atoms with Crippen molar-refractivity contribution in [3.63, 3.8) is 0 Å². The first-order valence-corrected chi connectivity index (χ1v) is 11.5. The molecule has 1 aliphatic heterocycles. The van der Waals surface area contributed by atoms with Crippen LogP contribution in [-0.2, 0) is 29.0 Å². The van der Waals surface area contributed by atoms with Crippen LogP contribution in [-0.4, -0.2) is 66.7 Å². The number of hydrogen-bond acceptors (Lipinski definition) is 5. The second-order valence-electron chi connectivity index (χ2n) is 8.59. The Morgan fingerprint density at radius 2 is 1.88 bits per heavy atom. The SMILES string of the molecule is CCc1cccc(CNC[C@@H](O)[C@H](Cc2cc(F)cc(F)c2)NC(=O)CN2CCNC(=O)C2)c1. The van der Waals surface area contributed by atoms with E-state index in [0.29, 0.717) is 25.2 Å². The van der Waals surface area contributed by atoms with Gasteiger partial charge in [-0.15, -0.1) is 0 Å². The highest BCUT2D eigenvalue weighted by Gasteiger charge is 2.25. The van der Waals surface area contributed by atoms with E-state index >= 15 is 0 Å². The molecule has 0 aliphatic carbocycles. The number of aliphatic hydroxyl groups excluding tert-OH is 1. The maximum Gasteiger partial charge on any atom is 0.234 e. The van der Waals surface area contributed by atoms with Gasteiger partial charge in [0.25, 0.3) is 0 Å². The minimum absolute atomic E-state index is 0.00854. The van der Waals surface area contributed by atoms with Crippen molar-refractivity contribution in [2.24, 2.45) is 0 Å². The van der Waals surface area contributed by atoms with E-state index in [4.69, 9.17) is 0 Å². The first-order chi connectivity index (χ1) is 16.3. The van der Waals surface area contributed by atoms with Gasteiger partial charge < -0.3 is 21.1 Å². The molecule has 0 spiro atoms. The van der Waals surface area contributed by atoms with Crippen LogP contribution < -0.4 is 16.0 Å². The fraction of sp³-hybridized carbons (Fsp3) is 0.440. The number of nitrogens with zero attached hydrogens (tertiary/aromatic N) is 1. The fourth-order valence-electron chi connectivity index (χ4n) is 4.01. The topological polar surface area (TPSA) is 93.7 Å². The molecule has 4 N–H and O–H groups in total. The summed E-state index contributed by atoms with van der Waals surface area (Å²) in [6.07, 6.45) is -0.0306. The van der Waals surface area contributed by atoms with Gasteiger partial charge in [-0.05, 0) is 41.7 Å². The summed E-state index contributed by atoms with van der Waals surface area (Å²) >= 11 is 0. The number of aryl methyl sites for hydroxylation is 1. The Bertz CT molecular complexity index is 968. The fourth-order valence-corrected chi connectivity index (χ4v) is 4.01. The molecule has 3 rings (SSSR count). The number of aliphatic hydroxyl groups is 1. The van der Waals surface area contributed by atoms with Crippen molar-refractivity contribution in [2.75, 3.05) is 32.7 Å². The van der Waals surface area contributed by atoms with Crippen LogP contribution in [0.2, 0.25) is 0 Å². The molecule has 0 radical (unpaired) electrons. The quantitative estimate of drug-likeness (QED) is 0.392. The average Bonchev–Trinajstić information content (AvgIpc) is 2.78. The van der Waals surface area contributed by atoms with E-state index in [0.717, 1.165) is 18.1 Å². The molecule has 34 heavy (non-hydrogen) atoms. The minimum atomic E-state index is -1.01. The molecule has 1 saturated heterocycles. The molecule has 9 heteroatoms. The van der Waals surface area contributed by atoms with Crippen molar-refractivity contribution in [1.82, 2.24) is 20.9 Å². The normalized spacial score (nSPS) is 16.1. The Morgan fingerprint density at radius 3 is 2.59 bits per heavy atom. The molecule has 0 aromatic heterocycles. The maximum atomic E-state index is 13.7. The molecule has 2 aromatic rings. The Balaban J connectivity index is 1.62. The number of nitrogens with one attached hydrogen (secondary N) is 3. The molecule has 0 saturated carbocycles. The molecule has 0 bridgehead atoms. The predicted octanol–water partition coefficient (Wildman–Crippen LogP) is 1.14. The van der Waals surface area contributed by atoms with Crippen LogP contribution in [0.5, 0.6) is 0 Å². The lowest BCUT2D eigenvalue weighted by Crippen LogP contribution is -2.54. The summed E-state index contributed by atoms with van der Waals surface area (Å²) in [5.74, 6) is -1.96. The van der Waals surface area contributed by atoms with E-state index in [1.165, 1.54) is 17.7 Å². The predicted molar refractivity (Wildman–Crippen MR) is 125 cm³/mol. The molecule has 1 aliphatic rings. The third-order valence-corrected chi connectivity index (χ3v) is 5.76. The Labute approximate surface area is 198 Å². The highest BCUT2D eigenvalue weighted by molar-refractivity contribution is 5.82. The number of piperazine rings is 1. The summed E-state index contributed by atoms with van der Waals surface area (Å²) in [4.78, 5) is 25.9. The summed E-state index contributed by atoms with van der Waals surface area (Å²) in [5.41, 5.74) is 2.61. The van der Waals surface area contributed by atoms with E-state index in [1.807, 2.05) is 18.2 Å². The Kier molecular flexibility index (Phi) is 9.50. The second-order valence-corrected chi connectivity index (χ2v) is 8.59. The lowest BCUT2D eigenvalue weighted by Gasteiger charge is -2.28. The summed E-state index contributed by atoms with van der Waals surface area (Å²) in [5, 5.41) is 19.5. The van der Waals surface area contributed by atoms with Crippen LogP contribution in [0.1, 0.15) is 23.6 Å². The summed E-state index contributed by atoms with van der Waals surface area (Å²) in [6, 6.07) is 10.5. The van der Waals surface area contributed by atoms with Crippen molar-refractivity contribution in [1.29, 1.82) is 0 Å². The molecule has 2 atom stereocenters. The number of rotatable bonds is 11. The molecule has 7 nitrogen and oxygen atoms in total. The average molecular weight is 475 g/mol. The maximum absolute atomic E-state index is 13.7. The van der Waals surface area contributed by atoms with Gasteiger partial charge in [0.1, 0.15) is 11.6 Å². The number of hydrogen-bond donors (Lipinski definition) is 4. The number of amides is 2. The van der Waals surface area contributed by atoms with Gasteiger partial charge >= 0.3 is 0 Å². The van der Waals surface area contributed by atoms with Crippen molar-refractivity contribution in [3.8, 4) is 0 Å². The van der Waals surface area contributed by atoms with Gasteiger partial charge in [0, 0.05) is 32.2 Å². The largest absolute Gasteiger partial charge is 0.390 e.